The Kier molecular flexibility index (Phi) is 10.8. The van der Waals surface area contributed by atoms with Gasteiger partial charge in [-0.25, -0.2) is 17.9 Å². The van der Waals surface area contributed by atoms with Gasteiger partial charge in [-0.15, -0.1) is 0 Å². The molecule has 4 rings (SSSR count). The Labute approximate surface area is 285 Å². The standard InChI is InChI=1S/C33H42ClN5O8S/c1-8-10-23(28(40)38-48(44,45)20-13-14-20)36-29(41)24-17-19(46-25-12-9-11-21-22(34)15-16-35-26(21)25)18-39(24)30(42)27(32(2,3)4)37-31(43)47-33(5,6)7/h8-12,15-16,19-20,24,27H,1,13-14,17-18H2,2-7H3,(H,36,41)(H,37,43)(H,38,40)/b23-10+/t19-,24+,27-/m1/s1. The first kappa shape index (κ1) is 36.7. The van der Waals surface area contributed by atoms with Gasteiger partial charge in [0.1, 0.15) is 40.8 Å². The first-order valence-corrected chi connectivity index (χ1v) is 17.4. The number of para-hydroxylation sites is 1. The third-order valence-corrected chi connectivity index (χ3v) is 9.73. The maximum atomic E-state index is 14.3. The average molecular weight is 704 g/mol. The molecule has 2 aromatic rings. The van der Waals surface area contributed by atoms with Crippen molar-refractivity contribution in [3.8, 4) is 5.75 Å². The number of sulfonamides is 1. The van der Waals surface area contributed by atoms with Crippen LogP contribution in [0, 0.1) is 5.41 Å². The first-order chi connectivity index (χ1) is 22.3. The van der Waals surface area contributed by atoms with Gasteiger partial charge in [0.05, 0.1) is 16.8 Å². The molecule has 2 aliphatic rings. The number of hydrogen-bond acceptors (Lipinski definition) is 9. The molecule has 1 aromatic heterocycles. The van der Waals surface area contributed by atoms with E-state index in [-0.39, 0.29) is 18.7 Å². The van der Waals surface area contributed by atoms with E-state index in [2.05, 4.69) is 22.2 Å². The molecular weight excluding hydrogens is 662 g/mol. The molecule has 1 aliphatic carbocycles. The van der Waals surface area contributed by atoms with Crippen LogP contribution in [0.2, 0.25) is 5.02 Å². The van der Waals surface area contributed by atoms with Gasteiger partial charge in [0, 0.05) is 18.0 Å². The molecule has 3 atom stereocenters. The van der Waals surface area contributed by atoms with E-state index in [0.717, 1.165) is 6.08 Å². The van der Waals surface area contributed by atoms with Crippen LogP contribution in [0.25, 0.3) is 10.9 Å². The van der Waals surface area contributed by atoms with Crippen molar-refractivity contribution >= 4 is 56.3 Å². The molecule has 1 aliphatic heterocycles. The number of carbonyl (C=O) groups is 4. The number of pyridine rings is 1. The summed E-state index contributed by atoms with van der Waals surface area (Å²) in [6, 6.07) is 4.55. The second kappa shape index (κ2) is 14.1. The molecule has 15 heteroatoms. The van der Waals surface area contributed by atoms with Crippen molar-refractivity contribution in [1.82, 2.24) is 25.2 Å². The molecule has 1 saturated carbocycles. The fourth-order valence-electron chi connectivity index (χ4n) is 5.16. The van der Waals surface area contributed by atoms with Crippen molar-refractivity contribution in [2.75, 3.05) is 6.54 Å². The number of allylic oxidation sites excluding steroid dienone is 2. The maximum absolute atomic E-state index is 14.3. The van der Waals surface area contributed by atoms with Gasteiger partial charge >= 0.3 is 6.09 Å². The van der Waals surface area contributed by atoms with Gasteiger partial charge in [0.2, 0.25) is 21.8 Å². The highest BCUT2D eigenvalue weighted by molar-refractivity contribution is 7.91. The van der Waals surface area contributed by atoms with Crippen LogP contribution in [0.3, 0.4) is 0 Å². The van der Waals surface area contributed by atoms with Gasteiger partial charge in [0.15, 0.2) is 0 Å². The Bertz CT molecular complexity index is 1740. The number of nitrogens with zero attached hydrogens (tertiary/aromatic N) is 2. The number of ether oxygens (including phenoxy) is 2. The lowest BCUT2D eigenvalue weighted by atomic mass is 9.85. The average Bonchev–Trinajstić information content (AvgIpc) is 3.75. The van der Waals surface area contributed by atoms with E-state index in [1.165, 1.54) is 17.2 Å². The number of aromatic nitrogens is 1. The number of amides is 4. The van der Waals surface area contributed by atoms with Crippen molar-refractivity contribution < 1.29 is 37.1 Å². The molecule has 2 heterocycles. The molecule has 0 spiro atoms. The van der Waals surface area contributed by atoms with Crippen molar-refractivity contribution in [3.63, 3.8) is 0 Å². The minimum absolute atomic E-state index is 0.0127. The Balaban J connectivity index is 1.65. The van der Waals surface area contributed by atoms with E-state index in [0.29, 0.717) is 34.5 Å². The molecule has 1 aromatic carbocycles. The summed E-state index contributed by atoms with van der Waals surface area (Å²) in [4.78, 5) is 59.7. The van der Waals surface area contributed by atoms with Gasteiger partial charge in [-0.1, -0.05) is 57.2 Å². The van der Waals surface area contributed by atoms with Crippen LogP contribution in [0.5, 0.6) is 5.75 Å². The zero-order chi connectivity index (χ0) is 35.6. The van der Waals surface area contributed by atoms with Gasteiger partial charge in [-0.05, 0) is 57.2 Å². The number of halogens is 1. The zero-order valence-corrected chi connectivity index (χ0v) is 29.4. The summed E-state index contributed by atoms with van der Waals surface area (Å²) in [6.07, 6.45) is 3.24. The largest absolute Gasteiger partial charge is 0.486 e. The van der Waals surface area contributed by atoms with Crippen molar-refractivity contribution in [2.45, 2.75) is 89.8 Å². The third-order valence-electron chi connectivity index (χ3n) is 7.58. The lowest BCUT2D eigenvalue weighted by molar-refractivity contribution is -0.142. The van der Waals surface area contributed by atoms with Gasteiger partial charge < -0.3 is 25.0 Å². The molecule has 48 heavy (non-hydrogen) atoms. The van der Waals surface area contributed by atoms with Crippen molar-refractivity contribution in [2.24, 2.45) is 5.41 Å². The molecule has 0 bridgehead atoms. The molecule has 0 unspecified atom stereocenters. The highest BCUT2D eigenvalue weighted by Crippen LogP contribution is 2.33. The highest BCUT2D eigenvalue weighted by Gasteiger charge is 2.46. The Morgan fingerprint density at radius 1 is 1.10 bits per heavy atom. The number of rotatable bonds is 10. The van der Waals surface area contributed by atoms with E-state index in [4.69, 9.17) is 21.1 Å². The van der Waals surface area contributed by atoms with E-state index in [1.54, 1.807) is 65.8 Å². The second-order valence-electron chi connectivity index (χ2n) is 13.9. The molecular formula is C33H42ClN5O8S. The fraction of sp³-hybridized carbons (Fsp3) is 0.485. The van der Waals surface area contributed by atoms with E-state index < -0.39 is 68.3 Å². The number of hydrogen-bond donors (Lipinski definition) is 3. The van der Waals surface area contributed by atoms with Crippen LogP contribution in [-0.4, -0.2) is 77.7 Å². The normalized spacial score (nSPS) is 19.3. The fourth-order valence-corrected chi connectivity index (χ4v) is 6.66. The Morgan fingerprint density at radius 2 is 1.79 bits per heavy atom. The van der Waals surface area contributed by atoms with E-state index in [1.807, 2.05) is 4.72 Å². The van der Waals surface area contributed by atoms with E-state index >= 15 is 0 Å². The third kappa shape index (κ3) is 9.04. The van der Waals surface area contributed by atoms with Gasteiger partial charge in [-0.3, -0.25) is 19.4 Å². The zero-order valence-electron chi connectivity index (χ0n) is 27.8. The Hall–Kier alpha value is -4.17. The first-order valence-electron chi connectivity index (χ1n) is 15.5. The minimum atomic E-state index is -3.92. The lowest BCUT2D eigenvalue weighted by Gasteiger charge is -2.35. The van der Waals surface area contributed by atoms with Gasteiger partial charge in [0.25, 0.3) is 5.91 Å². The smallest absolute Gasteiger partial charge is 0.408 e. The predicted molar refractivity (Wildman–Crippen MR) is 180 cm³/mol. The highest BCUT2D eigenvalue weighted by atomic mass is 35.5. The number of benzene rings is 1. The van der Waals surface area contributed by atoms with Crippen molar-refractivity contribution in [1.29, 1.82) is 0 Å². The number of likely N-dealkylation sites (tertiary alicyclic amines) is 1. The summed E-state index contributed by atoms with van der Waals surface area (Å²) in [5.74, 6) is -2.03. The van der Waals surface area contributed by atoms with Crippen LogP contribution in [0.4, 0.5) is 4.79 Å². The molecule has 4 amide bonds. The lowest BCUT2D eigenvalue weighted by Crippen LogP contribution is -2.58. The summed E-state index contributed by atoms with van der Waals surface area (Å²) >= 11 is 6.37. The van der Waals surface area contributed by atoms with Crippen molar-refractivity contribution in [3.05, 3.63) is 59.9 Å². The minimum Gasteiger partial charge on any atom is -0.486 e. The van der Waals surface area contributed by atoms with Crippen LogP contribution >= 0.6 is 11.6 Å². The topological polar surface area (TPSA) is 173 Å². The second-order valence-corrected chi connectivity index (χ2v) is 16.2. The monoisotopic (exact) mass is 703 g/mol. The Morgan fingerprint density at radius 3 is 2.40 bits per heavy atom. The maximum Gasteiger partial charge on any atom is 0.408 e. The molecule has 13 nitrogen and oxygen atoms in total. The number of fused-ring (bicyclic) bond motifs is 1. The van der Waals surface area contributed by atoms with Crippen LogP contribution < -0.4 is 20.1 Å². The van der Waals surface area contributed by atoms with Crippen LogP contribution in [0.15, 0.2) is 54.9 Å². The molecule has 0 radical (unpaired) electrons. The number of carbonyl (C=O) groups excluding carboxylic acids is 4. The van der Waals surface area contributed by atoms with Crippen LogP contribution in [-0.2, 0) is 29.1 Å². The number of nitrogens with one attached hydrogen (secondary N) is 3. The molecule has 1 saturated heterocycles. The molecule has 2 fully saturated rings. The molecule has 260 valence electrons. The quantitative estimate of drug-likeness (QED) is 0.245. The van der Waals surface area contributed by atoms with Gasteiger partial charge in [-0.2, -0.15) is 0 Å². The predicted octanol–water partition coefficient (Wildman–Crippen LogP) is 3.97. The molecule has 3 N–H and O–H groups in total. The summed E-state index contributed by atoms with van der Waals surface area (Å²) in [5, 5.41) is 5.59. The number of alkyl carbamates (subject to hydrolysis) is 1. The summed E-state index contributed by atoms with van der Waals surface area (Å²) < 4.78 is 38.6. The summed E-state index contributed by atoms with van der Waals surface area (Å²) in [6.45, 7) is 13.8. The van der Waals surface area contributed by atoms with E-state index in [9.17, 15) is 27.6 Å². The SMILES string of the molecule is C=C/C=C(/NC(=O)[C@@H]1C[C@@H](Oc2cccc3c(Cl)ccnc23)CN1C(=O)[C@@H](NC(=O)OC(C)(C)C)C(C)(C)C)C(=O)NS(=O)(=O)C1CC1. The summed E-state index contributed by atoms with van der Waals surface area (Å²) in [5.41, 5.74) is -1.54. The summed E-state index contributed by atoms with van der Waals surface area (Å²) in [7, 11) is -3.92. The van der Waals surface area contributed by atoms with Crippen LogP contribution in [0.1, 0.15) is 60.8 Å².